The number of carboxylic acid groups (broad SMARTS) is 1. The minimum absolute atomic E-state index is 0.0359. The maximum atomic E-state index is 11.8. The van der Waals surface area contributed by atoms with Crippen molar-refractivity contribution in [3.05, 3.63) is 0 Å². The molecule has 0 aromatic carbocycles. The fraction of sp³-hybridized carbons (Fsp3) is 0.833. The van der Waals surface area contributed by atoms with Crippen molar-refractivity contribution in [3.63, 3.8) is 0 Å². The van der Waals surface area contributed by atoms with Gasteiger partial charge in [-0.3, -0.25) is 9.59 Å². The molecular formula is C12H21NO5S. The molecule has 1 heterocycles. The van der Waals surface area contributed by atoms with Crippen LogP contribution in [0.25, 0.3) is 0 Å². The molecule has 6 nitrogen and oxygen atoms in total. The van der Waals surface area contributed by atoms with Crippen molar-refractivity contribution in [1.29, 1.82) is 0 Å². The third kappa shape index (κ3) is 5.59. The van der Waals surface area contributed by atoms with Crippen molar-refractivity contribution >= 4 is 21.7 Å². The lowest BCUT2D eigenvalue weighted by Gasteiger charge is -2.31. The topological polar surface area (TPSA) is 91.8 Å². The van der Waals surface area contributed by atoms with Crippen molar-refractivity contribution in [2.45, 2.75) is 32.6 Å². The number of likely N-dealkylation sites (tertiary alicyclic amines) is 1. The number of nitrogens with zero attached hydrogens (tertiary/aromatic N) is 1. The minimum Gasteiger partial charge on any atom is -0.481 e. The van der Waals surface area contributed by atoms with Crippen LogP contribution in [-0.4, -0.2) is 54.9 Å². The first kappa shape index (κ1) is 15.9. The standard InChI is InChI=1S/C12H21NO5S/c1-2-7-19(17,18)9-11(14)13-5-3-10(4-6-13)8-12(15)16/h10H,2-9H2,1H3,(H,15,16). The van der Waals surface area contributed by atoms with Crippen molar-refractivity contribution < 1.29 is 23.1 Å². The van der Waals surface area contributed by atoms with E-state index in [1.807, 2.05) is 0 Å². The van der Waals surface area contributed by atoms with Crippen molar-refractivity contribution in [2.24, 2.45) is 5.92 Å². The van der Waals surface area contributed by atoms with Gasteiger partial charge in [0.1, 0.15) is 5.75 Å². The second kappa shape index (κ2) is 6.88. The number of carboxylic acids is 1. The summed E-state index contributed by atoms with van der Waals surface area (Å²) in [6.07, 6.45) is 1.89. The van der Waals surface area contributed by atoms with E-state index in [0.29, 0.717) is 32.4 Å². The molecule has 1 rings (SSSR count). The number of hydrogen-bond donors (Lipinski definition) is 1. The summed E-state index contributed by atoms with van der Waals surface area (Å²) < 4.78 is 23.1. The van der Waals surface area contributed by atoms with E-state index in [1.165, 1.54) is 4.90 Å². The molecule has 0 spiro atoms. The van der Waals surface area contributed by atoms with E-state index in [2.05, 4.69) is 0 Å². The van der Waals surface area contributed by atoms with Crippen LogP contribution in [-0.2, 0) is 19.4 Å². The van der Waals surface area contributed by atoms with Gasteiger partial charge >= 0.3 is 5.97 Å². The third-order valence-corrected chi connectivity index (χ3v) is 5.01. The fourth-order valence-electron chi connectivity index (χ4n) is 2.30. The minimum atomic E-state index is -3.30. The highest BCUT2D eigenvalue weighted by Crippen LogP contribution is 2.20. The number of sulfone groups is 1. The Bertz CT molecular complexity index is 423. The normalized spacial score (nSPS) is 17.4. The van der Waals surface area contributed by atoms with Crippen molar-refractivity contribution in [2.75, 3.05) is 24.6 Å². The lowest BCUT2D eigenvalue weighted by atomic mass is 9.94. The summed E-state index contributed by atoms with van der Waals surface area (Å²) in [6.45, 7) is 2.68. The van der Waals surface area contributed by atoms with Crippen LogP contribution in [0.5, 0.6) is 0 Å². The molecule has 7 heteroatoms. The Morgan fingerprint density at radius 1 is 1.26 bits per heavy atom. The van der Waals surface area contributed by atoms with Gasteiger partial charge < -0.3 is 10.0 Å². The Morgan fingerprint density at radius 3 is 2.32 bits per heavy atom. The highest BCUT2D eigenvalue weighted by Gasteiger charge is 2.26. The van der Waals surface area contributed by atoms with Gasteiger partial charge in [-0.15, -0.1) is 0 Å². The van der Waals surface area contributed by atoms with E-state index < -0.39 is 21.6 Å². The zero-order valence-electron chi connectivity index (χ0n) is 11.2. The highest BCUT2D eigenvalue weighted by atomic mass is 32.2. The number of hydrogen-bond acceptors (Lipinski definition) is 4. The van der Waals surface area contributed by atoms with Crippen LogP contribution in [0.3, 0.4) is 0 Å². The summed E-state index contributed by atoms with van der Waals surface area (Å²) in [7, 11) is -3.30. The molecule has 0 atom stereocenters. The monoisotopic (exact) mass is 291 g/mol. The van der Waals surface area contributed by atoms with Crippen molar-refractivity contribution in [3.8, 4) is 0 Å². The Balaban J connectivity index is 2.43. The van der Waals surface area contributed by atoms with Gasteiger partial charge in [-0.05, 0) is 25.2 Å². The fourth-order valence-corrected chi connectivity index (χ4v) is 3.62. The van der Waals surface area contributed by atoms with Crippen LogP contribution in [0.15, 0.2) is 0 Å². The molecule has 0 aromatic heterocycles. The van der Waals surface area contributed by atoms with E-state index >= 15 is 0 Å². The Kier molecular flexibility index (Phi) is 5.78. The third-order valence-electron chi connectivity index (χ3n) is 3.29. The first-order valence-corrected chi connectivity index (χ1v) is 8.36. The molecule has 1 N–H and O–H groups in total. The van der Waals surface area contributed by atoms with E-state index in [-0.39, 0.29) is 24.0 Å². The first-order chi connectivity index (χ1) is 8.84. The van der Waals surface area contributed by atoms with Crippen LogP contribution >= 0.6 is 0 Å². The van der Waals surface area contributed by atoms with Crippen LogP contribution in [0.1, 0.15) is 32.6 Å². The van der Waals surface area contributed by atoms with Gasteiger partial charge in [0.2, 0.25) is 5.91 Å². The lowest BCUT2D eigenvalue weighted by Crippen LogP contribution is -2.42. The molecular weight excluding hydrogens is 270 g/mol. The number of carbonyl (C=O) groups excluding carboxylic acids is 1. The number of rotatable bonds is 6. The van der Waals surface area contributed by atoms with Gasteiger partial charge in [-0.25, -0.2) is 8.42 Å². The molecule has 0 bridgehead atoms. The zero-order chi connectivity index (χ0) is 14.5. The van der Waals surface area contributed by atoms with E-state index in [0.717, 1.165) is 0 Å². The SMILES string of the molecule is CCCS(=O)(=O)CC(=O)N1CCC(CC(=O)O)CC1. The molecule has 0 aromatic rings. The predicted molar refractivity (Wildman–Crippen MR) is 70.5 cm³/mol. The molecule has 1 aliphatic heterocycles. The smallest absolute Gasteiger partial charge is 0.303 e. The summed E-state index contributed by atoms with van der Waals surface area (Å²) in [4.78, 5) is 24.0. The van der Waals surface area contributed by atoms with Crippen LogP contribution in [0.4, 0.5) is 0 Å². The van der Waals surface area contributed by atoms with Crippen LogP contribution in [0, 0.1) is 5.92 Å². The van der Waals surface area contributed by atoms with Gasteiger partial charge in [0.05, 0.1) is 5.75 Å². The Labute approximate surface area is 113 Å². The van der Waals surface area contributed by atoms with Crippen molar-refractivity contribution in [1.82, 2.24) is 4.90 Å². The van der Waals surface area contributed by atoms with Gasteiger partial charge in [-0.1, -0.05) is 6.92 Å². The van der Waals surface area contributed by atoms with Gasteiger partial charge in [0.25, 0.3) is 0 Å². The molecule has 19 heavy (non-hydrogen) atoms. The maximum absolute atomic E-state index is 11.8. The van der Waals surface area contributed by atoms with E-state index in [4.69, 9.17) is 5.11 Å². The average Bonchev–Trinajstić information content (AvgIpc) is 2.28. The number of piperidine rings is 1. The van der Waals surface area contributed by atoms with Crippen LogP contribution in [0.2, 0.25) is 0 Å². The highest BCUT2D eigenvalue weighted by molar-refractivity contribution is 7.92. The van der Waals surface area contributed by atoms with Gasteiger partial charge in [0.15, 0.2) is 9.84 Å². The molecule has 1 saturated heterocycles. The summed E-state index contributed by atoms with van der Waals surface area (Å²) in [5.41, 5.74) is 0. The molecule has 0 radical (unpaired) electrons. The number of amides is 1. The molecule has 0 unspecified atom stereocenters. The second-order valence-electron chi connectivity index (χ2n) is 5.01. The molecule has 0 saturated carbocycles. The summed E-state index contributed by atoms with van der Waals surface area (Å²) in [5.74, 6) is -1.48. The Hall–Kier alpha value is -1.11. The maximum Gasteiger partial charge on any atom is 0.303 e. The lowest BCUT2D eigenvalue weighted by molar-refractivity contribution is -0.138. The second-order valence-corrected chi connectivity index (χ2v) is 7.20. The molecule has 0 aliphatic carbocycles. The predicted octanol–water partition coefficient (Wildman–Crippen LogP) is 0.524. The molecule has 110 valence electrons. The Morgan fingerprint density at radius 2 is 1.84 bits per heavy atom. The van der Waals surface area contributed by atoms with E-state index in [9.17, 15) is 18.0 Å². The number of carbonyl (C=O) groups is 2. The summed E-state index contributed by atoms with van der Waals surface area (Å²) in [6, 6.07) is 0. The quantitative estimate of drug-likeness (QED) is 0.770. The van der Waals surface area contributed by atoms with E-state index in [1.54, 1.807) is 6.92 Å². The first-order valence-electron chi connectivity index (χ1n) is 6.54. The van der Waals surface area contributed by atoms with Gasteiger partial charge in [0, 0.05) is 19.5 Å². The molecule has 1 amide bonds. The average molecular weight is 291 g/mol. The summed E-state index contributed by atoms with van der Waals surface area (Å²) >= 11 is 0. The number of aliphatic carboxylic acids is 1. The zero-order valence-corrected chi connectivity index (χ0v) is 12.0. The molecule has 1 fully saturated rings. The molecule has 1 aliphatic rings. The van der Waals surface area contributed by atoms with Gasteiger partial charge in [-0.2, -0.15) is 0 Å². The largest absolute Gasteiger partial charge is 0.481 e. The summed E-state index contributed by atoms with van der Waals surface area (Å²) in [5, 5.41) is 8.69. The van der Waals surface area contributed by atoms with Crippen LogP contribution < -0.4 is 0 Å².